The van der Waals surface area contributed by atoms with Gasteiger partial charge in [0.15, 0.2) is 6.61 Å². The maximum Gasteiger partial charge on any atom is 0.339 e. The molecule has 0 bridgehead atoms. The van der Waals surface area contributed by atoms with Crippen molar-refractivity contribution in [1.82, 2.24) is 10.3 Å². The van der Waals surface area contributed by atoms with Crippen molar-refractivity contribution in [3.63, 3.8) is 0 Å². The second kappa shape index (κ2) is 8.27. The van der Waals surface area contributed by atoms with Gasteiger partial charge in [0.2, 0.25) is 0 Å². The van der Waals surface area contributed by atoms with Gasteiger partial charge in [-0.25, -0.2) is 4.79 Å². The Morgan fingerprint density at radius 2 is 2.14 bits per heavy atom. The van der Waals surface area contributed by atoms with Crippen molar-refractivity contribution in [1.29, 1.82) is 0 Å². The summed E-state index contributed by atoms with van der Waals surface area (Å²) in [4.78, 5) is 29.8. The number of aryl methyl sites for hydroxylation is 1. The predicted molar refractivity (Wildman–Crippen MR) is 105 cm³/mol. The number of rotatable bonds is 5. The van der Waals surface area contributed by atoms with Crippen LogP contribution in [-0.2, 0) is 27.1 Å². The Kier molecular flexibility index (Phi) is 5.57. The van der Waals surface area contributed by atoms with Gasteiger partial charge in [0, 0.05) is 24.2 Å². The molecule has 1 amide bonds. The van der Waals surface area contributed by atoms with Gasteiger partial charge in [-0.3, -0.25) is 9.78 Å². The first-order chi connectivity index (χ1) is 13.6. The van der Waals surface area contributed by atoms with Crippen molar-refractivity contribution in [3.05, 3.63) is 41.1 Å². The topological polar surface area (TPSA) is 77.5 Å². The number of esters is 1. The molecule has 148 valence electrons. The molecule has 2 atom stereocenters. The lowest BCUT2D eigenvalue weighted by atomic mass is 9.84. The summed E-state index contributed by atoms with van der Waals surface area (Å²) in [7, 11) is 0. The molecular weight excluding hydrogens is 356 g/mol. The van der Waals surface area contributed by atoms with Crippen LogP contribution in [0.1, 0.15) is 47.8 Å². The van der Waals surface area contributed by atoms with Crippen LogP contribution < -0.4 is 5.32 Å². The lowest BCUT2D eigenvalue weighted by molar-refractivity contribution is -0.124. The fraction of sp³-hybridized carbons (Fsp3) is 0.500. The molecule has 1 fully saturated rings. The zero-order valence-electron chi connectivity index (χ0n) is 16.2. The summed E-state index contributed by atoms with van der Waals surface area (Å²) in [5, 5.41) is 3.58. The van der Waals surface area contributed by atoms with E-state index in [1.807, 2.05) is 24.3 Å². The van der Waals surface area contributed by atoms with E-state index in [1.54, 1.807) is 0 Å². The summed E-state index contributed by atoms with van der Waals surface area (Å²) in [5.74, 6) is -0.252. The van der Waals surface area contributed by atoms with E-state index in [9.17, 15) is 9.59 Å². The Balaban J connectivity index is 1.50. The van der Waals surface area contributed by atoms with Crippen LogP contribution in [0.25, 0.3) is 10.9 Å². The lowest BCUT2D eigenvalue weighted by Crippen LogP contribution is -2.35. The molecule has 1 saturated heterocycles. The van der Waals surface area contributed by atoms with E-state index in [0.29, 0.717) is 18.0 Å². The summed E-state index contributed by atoms with van der Waals surface area (Å²) in [6, 6.07) is 7.63. The standard InChI is InChI=1S/C22H26N2O4/c1-14-8-9-19-17(11-14)21(16-6-2-3-7-18(16)24-19)22(26)28-13-20(25)23-12-15-5-4-10-27-15/h2-3,6-7,14-15H,4-5,8-13H2,1H3,(H,23,25)/t14-,15+/m1/s1. The molecule has 1 aromatic heterocycles. The van der Waals surface area contributed by atoms with E-state index < -0.39 is 5.97 Å². The number of carbonyl (C=O) groups excluding carboxylic acids is 2. The SMILES string of the molecule is C[C@@H]1CCc2nc3ccccc3c(C(=O)OCC(=O)NC[C@@H]3CCCO3)c2C1. The molecule has 1 aromatic carbocycles. The number of carbonyl (C=O) groups is 2. The summed E-state index contributed by atoms with van der Waals surface area (Å²) in [6.45, 7) is 3.11. The van der Waals surface area contributed by atoms with Gasteiger partial charge in [-0.2, -0.15) is 0 Å². The third-order valence-electron chi connectivity index (χ3n) is 5.59. The normalized spacial score (nSPS) is 21.3. The van der Waals surface area contributed by atoms with Gasteiger partial charge in [0.25, 0.3) is 5.91 Å². The molecular formula is C22H26N2O4. The highest BCUT2D eigenvalue weighted by atomic mass is 16.5. The van der Waals surface area contributed by atoms with E-state index in [1.165, 1.54) is 0 Å². The molecule has 2 aliphatic rings. The number of benzene rings is 1. The molecule has 6 nitrogen and oxygen atoms in total. The smallest absolute Gasteiger partial charge is 0.339 e. The molecule has 28 heavy (non-hydrogen) atoms. The van der Waals surface area contributed by atoms with Crippen molar-refractivity contribution in [2.24, 2.45) is 5.92 Å². The zero-order valence-corrected chi connectivity index (χ0v) is 16.2. The number of hydrogen-bond acceptors (Lipinski definition) is 5. The van der Waals surface area contributed by atoms with Gasteiger partial charge in [-0.15, -0.1) is 0 Å². The summed E-state index contributed by atoms with van der Waals surface area (Å²) >= 11 is 0. The van der Waals surface area contributed by atoms with Crippen LogP contribution in [0.4, 0.5) is 0 Å². The maximum absolute atomic E-state index is 12.9. The van der Waals surface area contributed by atoms with Crippen LogP contribution in [0, 0.1) is 5.92 Å². The molecule has 6 heteroatoms. The van der Waals surface area contributed by atoms with Gasteiger partial charge < -0.3 is 14.8 Å². The Bertz CT molecular complexity index is 889. The van der Waals surface area contributed by atoms with Gasteiger partial charge >= 0.3 is 5.97 Å². The van der Waals surface area contributed by atoms with Gasteiger partial charge in [-0.1, -0.05) is 25.1 Å². The number of nitrogens with zero attached hydrogens (tertiary/aromatic N) is 1. The van der Waals surface area contributed by atoms with Crippen molar-refractivity contribution in [2.75, 3.05) is 19.8 Å². The maximum atomic E-state index is 12.9. The van der Waals surface area contributed by atoms with Crippen LogP contribution >= 0.6 is 0 Å². The Labute approximate surface area is 164 Å². The molecule has 1 aliphatic carbocycles. The second-order valence-electron chi connectivity index (χ2n) is 7.79. The number of amides is 1. The monoisotopic (exact) mass is 382 g/mol. The van der Waals surface area contributed by atoms with Gasteiger partial charge in [-0.05, 0) is 49.7 Å². The molecule has 0 radical (unpaired) electrons. The predicted octanol–water partition coefficient (Wildman–Crippen LogP) is 2.81. The molecule has 0 unspecified atom stereocenters. The molecule has 2 heterocycles. The number of nitrogens with one attached hydrogen (secondary N) is 1. The third-order valence-corrected chi connectivity index (χ3v) is 5.59. The molecule has 2 aromatic rings. The van der Waals surface area contributed by atoms with E-state index in [0.717, 1.165) is 60.9 Å². The highest BCUT2D eigenvalue weighted by Gasteiger charge is 2.26. The Hall–Kier alpha value is -2.47. The first-order valence-corrected chi connectivity index (χ1v) is 10.1. The quantitative estimate of drug-likeness (QED) is 0.805. The van der Waals surface area contributed by atoms with E-state index in [4.69, 9.17) is 14.5 Å². The van der Waals surface area contributed by atoms with E-state index >= 15 is 0 Å². The number of para-hydroxylation sites is 1. The minimum Gasteiger partial charge on any atom is -0.452 e. The fourth-order valence-corrected chi connectivity index (χ4v) is 4.08. The van der Waals surface area contributed by atoms with Crippen molar-refractivity contribution in [3.8, 4) is 0 Å². The third kappa shape index (κ3) is 4.02. The van der Waals surface area contributed by atoms with E-state index in [-0.39, 0.29) is 18.6 Å². The van der Waals surface area contributed by atoms with Crippen LogP contribution in [0.2, 0.25) is 0 Å². The Morgan fingerprint density at radius 3 is 2.96 bits per heavy atom. The van der Waals surface area contributed by atoms with Crippen LogP contribution in [0.3, 0.4) is 0 Å². The van der Waals surface area contributed by atoms with Gasteiger partial charge in [0.05, 0.1) is 17.2 Å². The average molecular weight is 382 g/mol. The molecule has 1 aliphatic heterocycles. The highest BCUT2D eigenvalue weighted by Crippen LogP contribution is 2.31. The van der Waals surface area contributed by atoms with Crippen molar-refractivity contribution < 1.29 is 19.1 Å². The fourth-order valence-electron chi connectivity index (χ4n) is 4.08. The number of aromatic nitrogens is 1. The van der Waals surface area contributed by atoms with Crippen LogP contribution in [0.15, 0.2) is 24.3 Å². The van der Waals surface area contributed by atoms with Crippen LogP contribution in [-0.4, -0.2) is 42.7 Å². The van der Waals surface area contributed by atoms with Gasteiger partial charge in [0.1, 0.15) is 0 Å². The lowest BCUT2D eigenvalue weighted by Gasteiger charge is -2.24. The molecule has 0 saturated carbocycles. The number of hydrogen-bond donors (Lipinski definition) is 1. The zero-order chi connectivity index (χ0) is 19.5. The first kappa shape index (κ1) is 18.9. The highest BCUT2D eigenvalue weighted by molar-refractivity contribution is 6.05. The van der Waals surface area contributed by atoms with Crippen LogP contribution in [0.5, 0.6) is 0 Å². The minimum absolute atomic E-state index is 0.0669. The van der Waals surface area contributed by atoms with Crippen molar-refractivity contribution >= 4 is 22.8 Å². The number of pyridine rings is 1. The first-order valence-electron chi connectivity index (χ1n) is 10.1. The summed E-state index contributed by atoms with van der Waals surface area (Å²) < 4.78 is 10.9. The minimum atomic E-state index is -0.448. The molecule has 1 N–H and O–H groups in total. The number of ether oxygens (including phenoxy) is 2. The number of fused-ring (bicyclic) bond motifs is 2. The average Bonchev–Trinajstić information content (AvgIpc) is 3.22. The molecule has 4 rings (SSSR count). The van der Waals surface area contributed by atoms with Crippen molar-refractivity contribution in [2.45, 2.75) is 45.1 Å². The van der Waals surface area contributed by atoms with E-state index in [2.05, 4.69) is 12.2 Å². The summed E-state index contributed by atoms with van der Waals surface area (Å²) in [6.07, 6.45) is 4.78. The largest absolute Gasteiger partial charge is 0.452 e. The molecule has 0 spiro atoms. The summed E-state index contributed by atoms with van der Waals surface area (Å²) in [5.41, 5.74) is 3.32. The second-order valence-corrected chi connectivity index (χ2v) is 7.79. The Morgan fingerprint density at radius 1 is 1.29 bits per heavy atom.